The van der Waals surface area contributed by atoms with E-state index in [9.17, 15) is 9.50 Å². The highest BCUT2D eigenvalue weighted by atomic mass is 19.1. The molecule has 1 saturated heterocycles. The largest absolute Gasteiger partial charge is 0.388 e. The Labute approximate surface area is 149 Å². The van der Waals surface area contributed by atoms with Gasteiger partial charge in [0.25, 0.3) is 0 Å². The van der Waals surface area contributed by atoms with Crippen molar-refractivity contribution in [2.75, 3.05) is 19.6 Å². The van der Waals surface area contributed by atoms with Crippen LogP contribution in [0.25, 0.3) is 0 Å². The normalized spacial score (nSPS) is 17.7. The van der Waals surface area contributed by atoms with Crippen molar-refractivity contribution in [2.45, 2.75) is 44.8 Å². The first kappa shape index (κ1) is 18.1. The maximum Gasteiger partial charge on any atom is 0.123 e. The molecule has 1 aromatic heterocycles. The SMILES string of the molecule is OC(c1ccc(F)cc1)C1CCN(CCCCCn2cccn2)CC1. The van der Waals surface area contributed by atoms with Crippen LogP contribution in [-0.4, -0.2) is 39.4 Å². The van der Waals surface area contributed by atoms with Crippen LogP contribution in [0.2, 0.25) is 0 Å². The molecule has 25 heavy (non-hydrogen) atoms. The van der Waals surface area contributed by atoms with Gasteiger partial charge in [-0.2, -0.15) is 5.10 Å². The van der Waals surface area contributed by atoms with Crippen molar-refractivity contribution in [1.82, 2.24) is 14.7 Å². The maximum atomic E-state index is 13.0. The van der Waals surface area contributed by atoms with Crippen LogP contribution < -0.4 is 0 Å². The Morgan fingerprint density at radius 2 is 1.80 bits per heavy atom. The first-order valence-corrected chi connectivity index (χ1v) is 9.36. The van der Waals surface area contributed by atoms with E-state index in [1.165, 1.54) is 31.4 Å². The molecule has 0 amide bonds. The molecule has 1 aliphatic heterocycles. The minimum Gasteiger partial charge on any atom is -0.388 e. The van der Waals surface area contributed by atoms with Gasteiger partial charge in [-0.15, -0.1) is 0 Å². The fourth-order valence-corrected chi connectivity index (χ4v) is 3.64. The Hall–Kier alpha value is -1.72. The van der Waals surface area contributed by atoms with Crippen molar-refractivity contribution in [3.63, 3.8) is 0 Å². The van der Waals surface area contributed by atoms with Crippen LogP contribution in [0, 0.1) is 11.7 Å². The number of unbranched alkanes of at least 4 members (excludes halogenated alkanes) is 2. The molecule has 1 fully saturated rings. The fourth-order valence-electron chi connectivity index (χ4n) is 3.64. The zero-order chi connectivity index (χ0) is 17.5. The lowest BCUT2D eigenvalue weighted by Gasteiger charge is -2.34. The summed E-state index contributed by atoms with van der Waals surface area (Å²) in [5.41, 5.74) is 0.832. The second kappa shape index (κ2) is 9.11. The lowest BCUT2D eigenvalue weighted by molar-refractivity contribution is 0.0583. The number of rotatable bonds is 8. The van der Waals surface area contributed by atoms with Crippen molar-refractivity contribution in [1.29, 1.82) is 0 Å². The Balaban J connectivity index is 1.32. The molecule has 1 aromatic carbocycles. The van der Waals surface area contributed by atoms with Crippen molar-refractivity contribution in [3.05, 3.63) is 54.1 Å². The second-order valence-corrected chi connectivity index (χ2v) is 7.01. The molecule has 1 aliphatic rings. The monoisotopic (exact) mass is 345 g/mol. The molecule has 2 heterocycles. The number of likely N-dealkylation sites (tertiary alicyclic amines) is 1. The fraction of sp³-hybridized carbons (Fsp3) is 0.550. The summed E-state index contributed by atoms with van der Waals surface area (Å²) in [6.07, 6.45) is 8.97. The summed E-state index contributed by atoms with van der Waals surface area (Å²) in [5, 5.41) is 14.7. The number of piperidine rings is 1. The predicted octanol–water partition coefficient (Wildman–Crippen LogP) is 3.64. The van der Waals surface area contributed by atoms with E-state index >= 15 is 0 Å². The molecular formula is C20H28FN3O. The van der Waals surface area contributed by atoms with E-state index < -0.39 is 6.10 Å². The Bertz CT molecular complexity index is 606. The quantitative estimate of drug-likeness (QED) is 0.743. The highest BCUT2D eigenvalue weighted by Gasteiger charge is 2.25. The van der Waals surface area contributed by atoms with E-state index in [-0.39, 0.29) is 11.7 Å². The molecule has 0 saturated carbocycles. The molecular weight excluding hydrogens is 317 g/mol. The highest BCUT2D eigenvalue weighted by molar-refractivity contribution is 5.19. The molecule has 0 bridgehead atoms. The summed E-state index contributed by atoms with van der Waals surface area (Å²) < 4.78 is 15.0. The molecule has 1 unspecified atom stereocenters. The zero-order valence-electron chi connectivity index (χ0n) is 14.7. The smallest absolute Gasteiger partial charge is 0.123 e. The molecule has 136 valence electrons. The molecule has 1 N–H and O–H groups in total. The summed E-state index contributed by atoms with van der Waals surface area (Å²) in [7, 11) is 0. The summed E-state index contributed by atoms with van der Waals surface area (Å²) in [6.45, 7) is 4.22. The van der Waals surface area contributed by atoms with Gasteiger partial charge in [-0.25, -0.2) is 4.39 Å². The lowest BCUT2D eigenvalue weighted by Crippen LogP contribution is -2.36. The van der Waals surface area contributed by atoms with Crippen LogP contribution in [0.3, 0.4) is 0 Å². The number of aryl methyl sites for hydroxylation is 1. The Kier molecular flexibility index (Phi) is 6.59. The van der Waals surface area contributed by atoms with Crippen molar-refractivity contribution >= 4 is 0 Å². The zero-order valence-corrected chi connectivity index (χ0v) is 14.7. The number of aliphatic hydroxyl groups is 1. The van der Waals surface area contributed by atoms with Gasteiger partial charge in [0.1, 0.15) is 5.82 Å². The summed E-state index contributed by atoms with van der Waals surface area (Å²) in [6, 6.07) is 8.22. The lowest BCUT2D eigenvalue weighted by atomic mass is 9.87. The first-order valence-electron chi connectivity index (χ1n) is 9.36. The first-order chi connectivity index (χ1) is 12.2. The topological polar surface area (TPSA) is 41.3 Å². The number of halogens is 1. The van der Waals surface area contributed by atoms with Crippen LogP contribution in [0.1, 0.15) is 43.8 Å². The van der Waals surface area contributed by atoms with E-state index in [0.29, 0.717) is 0 Å². The van der Waals surface area contributed by atoms with Gasteiger partial charge in [0.05, 0.1) is 6.10 Å². The maximum absolute atomic E-state index is 13.0. The van der Waals surface area contributed by atoms with Crippen LogP contribution >= 0.6 is 0 Å². The van der Waals surface area contributed by atoms with Crippen molar-refractivity contribution in [3.8, 4) is 0 Å². The molecule has 3 rings (SSSR count). The van der Waals surface area contributed by atoms with Gasteiger partial charge in [-0.1, -0.05) is 18.6 Å². The third-order valence-corrected chi connectivity index (χ3v) is 5.21. The molecule has 1 atom stereocenters. The van der Waals surface area contributed by atoms with Gasteiger partial charge in [0.2, 0.25) is 0 Å². The summed E-state index contributed by atoms with van der Waals surface area (Å²) in [5.74, 6) is 0.0276. The van der Waals surface area contributed by atoms with Crippen molar-refractivity contribution in [2.24, 2.45) is 5.92 Å². The number of aliphatic hydroxyl groups excluding tert-OH is 1. The minimum absolute atomic E-state index is 0.252. The van der Waals surface area contributed by atoms with Gasteiger partial charge in [0, 0.05) is 18.9 Å². The van der Waals surface area contributed by atoms with E-state index in [1.807, 2.05) is 23.1 Å². The Morgan fingerprint density at radius 3 is 2.48 bits per heavy atom. The third-order valence-electron chi connectivity index (χ3n) is 5.21. The van der Waals surface area contributed by atoms with Crippen LogP contribution in [0.5, 0.6) is 0 Å². The summed E-state index contributed by atoms with van der Waals surface area (Å²) in [4.78, 5) is 2.50. The van der Waals surface area contributed by atoms with Crippen molar-refractivity contribution < 1.29 is 9.50 Å². The summed E-state index contributed by atoms with van der Waals surface area (Å²) >= 11 is 0. The molecule has 4 nitrogen and oxygen atoms in total. The predicted molar refractivity (Wildman–Crippen MR) is 96.6 cm³/mol. The average molecular weight is 345 g/mol. The molecule has 0 spiro atoms. The number of benzene rings is 1. The van der Waals surface area contributed by atoms with Gasteiger partial charge >= 0.3 is 0 Å². The van der Waals surface area contributed by atoms with E-state index in [2.05, 4.69) is 10.00 Å². The molecule has 0 aliphatic carbocycles. The van der Waals surface area contributed by atoms with Gasteiger partial charge in [0.15, 0.2) is 0 Å². The average Bonchev–Trinajstić information content (AvgIpc) is 3.15. The number of hydrogen-bond donors (Lipinski definition) is 1. The van der Waals surface area contributed by atoms with E-state index in [1.54, 1.807) is 12.1 Å². The Morgan fingerprint density at radius 1 is 1.08 bits per heavy atom. The minimum atomic E-state index is -0.475. The van der Waals surface area contributed by atoms with Gasteiger partial charge in [-0.3, -0.25) is 4.68 Å². The van der Waals surface area contributed by atoms with E-state index in [4.69, 9.17) is 0 Å². The molecule has 2 aromatic rings. The second-order valence-electron chi connectivity index (χ2n) is 7.01. The van der Waals surface area contributed by atoms with Crippen LogP contribution in [-0.2, 0) is 6.54 Å². The third kappa shape index (κ3) is 5.38. The van der Waals surface area contributed by atoms with Gasteiger partial charge in [-0.05, 0) is 75.0 Å². The number of nitrogens with zero attached hydrogens (tertiary/aromatic N) is 3. The molecule has 5 heteroatoms. The van der Waals surface area contributed by atoms with E-state index in [0.717, 1.165) is 44.6 Å². The number of aromatic nitrogens is 2. The standard InChI is InChI=1S/C20H28FN3O/c21-19-7-5-17(6-8-19)20(25)18-9-15-23(16-10-18)12-2-1-3-13-24-14-4-11-22-24/h4-8,11,14,18,20,25H,1-3,9-10,12-13,15-16H2. The molecule has 0 radical (unpaired) electrons. The van der Waals surface area contributed by atoms with Gasteiger partial charge < -0.3 is 10.0 Å². The van der Waals surface area contributed by atoms with Crippen LogP contribution in [0.15, 0.2) is 42.7 Å². The van der Waals surface area contributed by atoms with Crippen LogP contribution in [0.4, 0.5) is 4.39 Å². The number of hydrogen-bond acceptors (Lipinski definition) is 3. The highest BCUT2D eigenvalue weighted by Crippen LogP contribution is 2.30.